The van der Waals surface area contributed by atoms with Crippen LogP contribution >= 0.6 is 11.6 Å². The molecule has 2 aromatic heterocycles. The Kier molecular flexibility index (Phi) is 4.66. The maximum absolute atomic E-state index is 14.3. The minimum absolute atomic E-state index is 0.0611. The van der Waals surface area contributed by atoms with Gasteiger partial charge in [0.25, 0.3) is 0 Å². The third kappa shape index (κ3) is 3.12. The van der Waals surface area contributed by atoms with Crippen LogP contribution in [0.5, 0.6) is 0 Å². The molecule has 2 N–H and O–H groups in total. The fourth-order valence-corrected chi connectivity index (χ4v) is 2.14. The Labute approximate surface area is 138 Å². The molecule has 2 aromatic rings. The minimum atomic E-state index is -4.65. The topological polar surface area (TPSA) is 78.1 Å². The van der Waals surface area contributed by atoms with Gasteiger partial charge in [0.2, 0.25) is 0 Å². The largest absolute Gasteiger partial charge is 0.464 e. The number of methoxy groups -OCH3 is 1. The van der Waals surface area contributed by atoms with E-state index in [4.69, 9.17) is 17.3 Å². The number of ether oxygens (including phenoxy) is 1. The first-order valence-electron chi connectivity index (χ1n) is 6.36. The summed E-state index contributed by atoms with van der Waals surface area (Å²) < 4.78 is 56.8. The molecule has 0 bridgehead atoms. The summed E-state index contributed by atoms with van der Waals surface area (Å²) in [6.07, 6.45) is -4.65. The van der Waals surface area contributed by atoms with Crippen LogP contribution in [0.4, 0.5) is 23.2 Å². The molecule has 10 heteroatoms. The lowest BCUT2D eigenvalue weighted by Gasteiger charge is -2.13. The van der Waals surface area contributed by atoms with Gasteiger partial charge in [0.15, 0.2) is 11.5 Å². The van der Waals surface area contributed by atoms with Gasteiger partial charge in [-0.2, -0.15) is 13.2 Å². The Morgan fingerprint density at radius 3 is 2.42 bits per heavy atom. The highest BCUT2D eigenvalue weighted by Crippen LogP contribution is 2.35. The molecule has 24 heavy (non-hydrogen) atoms. The zero-order valence-corrected chi connectivity index (χ0v) is 13.1. The molecule has 5 nitrogen and oxygen atoms in total. The van der Waals surface area contributed by atoms with Gasteiger partial charge < -0.3 is 10.5 Å². The number of nitrogens with two attached hydrogens (primary N) is 1. The van der Waals surface area contributed by atoms with E-state index < -0.39 is 45.8 Å². The smallest absolute Gasteiger partial charge is 0.433 e. The zero-order chi connectivity index (χ0) is 18.2. The zero-order valence-electron chi connectivity index (χ0n) is 12.3. The van der Waals surface area contributed by atoms with E-state index >= 15 is 0 Å². The van der Waals surface area contributed by atoms with Crippen LogP contribution in [0.25, 0.3) is 11.3 Å². The molecule has 0 radical (unpaired) electrons. The van der Waals surface area contributed by atoms with Crippen LogP contribution in [0.15, 0.2) is 12.1 Å². The maximum atomic E-state index is 14.3. The van der Waals surface area contributed by atoms with Crippen molar-refractivity contribution in [3.8, 4) is 11.3 Å². The van der Waals surface area contributed by atoms with E-state index in [0.717, 1.165) is 13.2 Å². The minimum Gasteiger partial charge on any atom is -0.464 e. The molecule has 0 atom stereocenters. The van der Waals surface area contributed by atoms with Crippen LogP contribution in [0.2, 0.25) is 5.02 Å². The molecular formula is C14H10ClF4N3O2. The third-order valence-electron chi connectivity index (χ3n) is 3.12. The summed E-state index contributed by atoms with van der Waals surface area (Å²) in [5.41, 5.74) is 2.69. The van der Waals surface area contributed by atoms with E-state index in [0.29, 0.717) is 6.07 Å². The van der Waals surface area contributed by atoms with Crippen molar-refractivity contribution in [2.45, 2.75) is 13.1 Å². The molecule has 0 aromatic carbocycles. The number of pyridine rings is 2. The second kappa shape index (κ2) is 6.23. The van der Waals surface area contributed by atoms with Gasteiger partial charge in [-0.3, -0.25) is 0 Å². The number of nitrogen functional groups attached to an aromatic ring is 1. The van der Waals surface area contributed by atoms with Crippen molar-refractivity contribution in [3.05, 3.63) is 40.1 Å². The van der Waals surface area contributed by atoms with E-state index in [1.165, 1.54) is 6.92 Å². The third-order valence-corrected chi connectivity index (χ3v) is 3.51. The predicted molar refractivity (Wildman–Crippen MR) is 77.9 cm³/mol. The lowest BCUT2D eigenvalue weighted by Crippen LogP contribution is -2.12. The van der Waals surface area contributed by atoms with Gasteiger partial charge in [-0.05, 0) is 19.1 Å². The van der Waals surface area contributed by atoms with Gasteiger partial charge in [0, 0.05) is 11.3 Å². The van der Waals surface area contributed by atoms with Gasteiger partial charge >= 0.3 is 12.1 Å². The Balaban J connectivity index is 2.69. The average Bonchev–Trinajstić information content (AvgIpc) is 2.52. The van der Waals surface area contributed by atoms with E-state index in [9.17, 15) is 22.4 Å². The summed E-state index contributed by atoms with van der Waals surface area (Å²) in [5, 5.41) is -0.444. The van der Waals surface area contributed by atoms with Crippen molar-refractivity contribution in [3.63, 3.8) is 0 Å². The number of rotatable bonds is 2. The maximum Gasteiger partial charge on any atom is 0.433 e. The van der Waals surface area contributed by atoms with Crippen molar-refractivity contribution in [1.82, 2.24) is 9.97 Å². The van der Waals surface area contributed by atoms with Crippen LogP contribution in [-0.4, -0.2) is 23.0 Å². The normalized spacial score (nSPS) is 11.5. The lowest BCUT2D eigenvalue weighted by molar-refractivity contribution is -0.141. The molecular weight excluding hydrogens is 354 g/mol. The van der Waals surface area contributed by atoms with Gasteiger partial charge in [0.1, 0.15) is 11.4 Å². The average molecular weight is 364 g/mol. The Morgan fingerprint density at radius 1 is 1.29 bits per heavy atom. The quantitative estimate of drug-likeness (QED) is 0.651. The van der Waals surface area contributed by atoms with E-state index in [2.05, 4.69) is 14.7 Å². The molecule has 0 aliphatic carbocycles. The number of anilines is 1. The Hall–Kier alpha value is -2.42. The molecule has 0 aliphatic rings. The standard InChI is InChI=1S/C14H10ClF4N3O2/c1-5-6(3-4-7(21-5)14(17,18)19)11-9(16)10(20)8(15)12(22-11)13(23)24-2/h3-4H,1-2H3,(H2,20,22). The first kappa shape index (κ1) is 17.9. The molecule has 0 saturated carbocycles. The van der Waals surface area contributed by atoms with Crippen LogP contribution in [0.1, 0.15) is 21.9 Å². The highest BCUT2D eigenvalue weighted by molar-refractivity contribution is 6.35. The van der Waals surface area contributed by atoms with Gasteiger partial charge in [-0.25, -0.2) is 19.2 Å². The summed E-state index contributed by atoms with van der Waals surface area (Å²) >= 11 is 5.76. The summed E-state index contributed by atoms with van der Waals surface area (Å²) in [5.74, 6) is -2.04. The molecule has 0 unspecified atom stereocenters. The lowest BCUT2D eigenvalue weighted by atomic mass is 10.1. The molecule has 0 fully saturated rings. The Morgan fingerprint density at radius 2 is 1.92 bits per heavy atom. The number of carbonyl (C=O) groups excluding carboxylic acids is 1. The Bertz CT molecular complexity index is 825. The first-order chi connectivity index (χ1) is 11.1. The monoisotopic (exact) mass is 363 g/mol. The van der Waals surface area contributed by atoms with Gasteiger partial charge in [-0.15, -0.1) is 0 Å². The molecule has 128 valence electrons. The van der Waals surface area contributed by atoms with Gasteiger partial charge in [-0.1, -0.05) is 11.6 Å². The summed E-state index contributed by atoms with van der Waals surface area (Å²) in [7, 11) is 1.06. The molecule has 2 rings (SSSR count). The molecule has 0 saturated heterocycles. The fourth-order valence-electron chi connectivity index (χ4n) is 1.94. The van der Waals surface area contributed by atoms with E-state index in [1.807, 2.05) is 0 Å². The highest BCUT2D eigenvalue weighted by atomic mass is 35.5. The summed E-state index contributed by atoms with van der Waals surface area (Å²) in [6.45, 7) is 1.24. The van der Waals surface area contributed by atoms with Crippen LogP contribution in [-0.2, 0) is 10.9 Å². The van der Waals surface area contributed by atoms with Crippen LogP contribution in [0.3, 0.4) is 0 Å². The number of nitrogens with zero attached hydrogens (tertiary/aromatic N) is 2. The second-order valence-corrected chi connectivity index (χ2v) is 5.05. The van der Waals surface area contributed by atoms with Crippen molar-refractivity contribution in [2.75, 3.05) is 12.8 Å². The number of alkyl halides is 3. The van der Waals surface area contributed by atoms with E-state index in [-0.39, 0.29) is 11.3 Å². The van der Waals surface area contributed by atoms with Crippen LogP contribution < -0.4 is 5.73 Å². The number of hydrogen-bond acceptors (Lipinski definition) is 5. The number of hydrogen-bond donors (Lipinski definition) is 1. The molecule has 0 spiro atoms. The fraction of sp³-hybridized carbons (Fsp3) is 0.214. The number of esters is 1. The second-order valence-electron chi connectivity index (χ2n) is 4.67. The van der Waals surface area contributed by atoms with Gasteiger partial charge in [0.05, 0.1) is 17.8 Å². The van der Waals surface area contributed by atoms with Crippen molar-refractivity contribution in [1.29, 1.82) is 0 Å². The van der Waals surface area contributed by atoms with Crippen molar-refractivity contribution >= 4 is 23.3 Å². The molecule has 0 amide bonds. The van der Waals surface area contributed by atoms with E-state index in [1.54, 1.807) is 0 Å². The predicted octanol–water partition coefficient (Wildman–Crippen LogP) is 3.63. The number of carbonyl (C=O) groups is 1. The summed E-state index contributed by atoms with van der Waals surface area (Å²) in [4.78, 5) is 18.8. The molecule has 0 aliphatic heterocycles. The highest BCUT2D eigenvalue weighted by Gasteiger charge is 2.33. The number of aryl methyl sites for hydroxylation is 1. The van der Waals surface area contributed by atoms with Crippen molar-refractivity contribution in [2.24, 2.45) is 0 Å². The summed E-state index contributed by atoms with van der Waals surface area (Å²) in [6, 6.07) is 1.66. The van der Waals surface area contributed by atoms with Crippen molar-refractivity contribution < 1.29 is 27.1 Å². The SMILES string of the molecule is COC(=O)c1nc(-c2ccc(C(F)(F)F)nc2C)c(F)c(N)c1Cl. The number of halogens is 5. The first-order valence-corrected chi connectivity index (χ1v) is 6.73. The number of aromatic nitrogens is 2. The molecule has 2 heterocycles. The van der Waals surface area contributed by atoms with Crippen LogP contribution in [0, 0.1) is 12.7 Å².